The Bertz CT molecular complexity index is 820. The summed E-state index contributed by atoms with van der Waals surface area (Å²) in [4.78, 5) is 11.9. The zero-order chi connectivity index (χ0) is 16.8. The van der Waals surface area contributed by atoms with E-state index in [1.807, 2.05) is 61.5 Å². The van der Waals surface area contributed by atoms with Gasteiger partial charge in [0.25, 0.3) is 0 Å². The maximum absolute atomic E-state index is 11.9. The third-order valence-corrected chi connectivity index (χ3v) is 5.15. The molecule has 5 nitrogen and oxygen atoms in total. The number of thioether (sulfide) groups is 1. The Balaban J connectivity index is 1.53. The lowest BCUT2D eigenvalue weighted by atomic mass is 10.2. The molecule has 0 radical (unpaired) electrons. The minimum atomic E-state index is -0.0604. The van der Waals surface area contributed by atoms with Crippen molar-refractivity contribution >= 4 is 45.5 Å². The minimum Gasteiger partial charge on any atom is -0.330 e. The van der Waals surface area contributed by atoms with Crippen LogP contribution in [0.1, 0.15) is 5.56 Å². The smallest absolute Gasteiger partial charge is 0.234 e. The van der Waals surface area contributed by atoms with Crippen molar-refractivity contribution in [2.75, 3.05) is 16.4 Å². The number of carbonyl (C=O) groups excluding carboxylic acids is 1. The second kappa shape index (κ2) is 7.94. The summed E-state index contributed by atoms with van der Waals surface area (Å²) < 4.78 is 0.759. The molecule has 0 fully saturated rings. The Kier molecular flexibility index (Phi) is 5.45. The molecule has 0 atom stereocenters. The lowest BCUT2D eigenvalue weighted by Crippen LogP contribution is -2.13. The Morgan fingerprint density at radius 1 is 1.08 bits per heavy atom. The van der Waals surface area contributed by atoms with E-state index in [0.717, 1.165) is 26.4 Å². The van der Waals surface area contributed by atoms with Crippen LogP contribution in [0.15, 0.2) is 58.9 Å². The summed E-state index contributed by atoms with van der Waals surface area (Å²) in [5.74, 6) is 0.239. The Labute approximate surface area is 148 Å². The maximum atomic E-state index is 11.9. The lowest BCUT2D eigenvalue weighted by Gasteiger charge is -2.04. The number of nitrogens with one attached hydrogen (secondary N) is 2. The molecule has 1 heterocycles. The number of aromatic nitrogens is 2. The van der Waals surface area contributed by atoms with Gasteiger partial charge in [0.1, 0.15) is 0 Å². The van der Waals surface area contributed by atoms with Gasteiger partial charge in [0.15, 0.2) is 4.34 Å². The van der Waals surface area contributed by atoms with E-state index < -0.39 is 0 Å². The molecule has 1 amide bonds. The van der Waals surface area contributed by atoms with E-state index in [9.17, 15) is 4.79 Å². The molecule has 3 rings (SSSR count). The normalized spacial score (nSPS) is 10.4. The van der Waals surface area contributed by atoms with E-state index in [-0.39, 0.29) is 5.91 Å². The Morgan fingerprint density at radius 3 is 2.62 bits per heavy atom. The third kappa shape index (κ3) is 4.56. The topological polar surface area (TPSA) is 66.9 Å². The van der Waals surface area contributed by atoms with Gasteiger partial charge in [0.2, 0.25) is 11.0 Å². The maximum Gasteiger partial charge on any atom is 0.234 e. The second-order valence-corrected chi connectivity index (χ2v) is 7.22. The highest BCUT2D eigenvalue weighted by atomic mass is 32.2. The summed E-state index contributed by atoms with van der Waals surface area (Å²) in [5.41, 5.74) is 2.94. The fourth-order valence-electron chi connectivity index (χ4n) is 1.99. The minimum absolute atomic E-state index is 0.0604. The van der Waals surface area contributed by atoms with E-state index >= 15 is 0 Å². The van der Waals surface area contributed by atoms with Gasteiger partial charge in [-0.1, -0.05) is 59.5 Å². The molecule has 0 aliphatic heterocycles. The summed E-state index contributed by atoms with van der Waals surface area (Å²) >= 11 is 2.81. The molecular weight excluding hydrogens is 340 g/mol. The molecule has 0 saturated carbocycles. The Morgan fingerprint density at radius 2 is 1.83 bits per heavy atom. The van der Waals surface area contributed by atoms with Gasteiger partial charge >= 0.3 is 0 Å². The fourth-order valence-corrected chi connectivity index (χ4v) is 3.56. The predicted octanol–water partition coefficient (Wildman–Crippen LogP) is 4.32. The van der Waals surface area contributed by atoms with Crippen LogP contribution >= 0.6 is 23.1 Å². The molecule has 1 aromatic heterocycles. The molecule has 0 aliphatic carbocycles. The van der Waals surface area contributed by atoms with Crippen LogP contribution in [-0.4, -0.2) is 21.9 Å². The van der Waals surface area contributed by atoms with Crippen LogP contribution < -0.4 is 10.6 Å². The van der Waals surface area contributed by atoms with Crippen LogP contribution in [-0.2, 0) is 4.79 Å². The summed E-state index contributed by atoms with van der Waals surface area (Å²) in [6.45, 7) is 2.03. The van der Waals surface area contributed by atoms with Crippen molar-refractivity contribution in [1.29, 1.82) is 0 Å². The average molecular weight is 356 g/mol. The van der Waals surface area contributed by atoms with Crippen molar-refractivity contribution < 1.29 is 4.79 Å². The Hall–Kier alpha value is -2.38. The van der Waals surface area contributed by atoms with E-state index in [1.54, 1.807) is 0 Å². The van der Waals surface area contributed by atoms with Gasteiger partial charge in [-0.05, 0) is 30.7 Å². The number of benzene rings is 2. The van der Waals surface area contributed by atoms with E-state index in [4.69, 9.17) is 0 Å². The summed E-state index contributed by atoms with van der Waals surface area (Å²) in [6.07, 6.45) is 0. The SMILES string of the molecule is Cc1ccccc1Nc1nnc(SCC(=O)Nc2ccccc2)s1. The summed E-state index contributed by atoms with van der Waals surface area (Å²) in [6, 6.07) is 17.4. The highest BCUT2D eigenvalue weighted by Gasteiger charge is 2.09. The molecule has 0 bridgehead atoms. The van der Waals surface area contributed by atoms with Crippen molar-refractivity contribution in [1.82, 2.24) is 10.2 Å². The predicted molar refractivity (Wildman–Crippen MR) is 100 cm³/mol. The molecule has 24 heavy (non-hydrogen) atoms. The molecule has 2 aromatic carbocycles. The molecule has 122 valence electrons. The third-order valence-electron chi connectivity index (χ3n) is 3.18. The van der Waals surface area contributed by atoms with Crippen molar-refractivity contribution in [2.24, 2.45) is 0 Å². The van der Waals surface area contributed by atoms with E-state index in [2.05, 4.69) is 20.8 Å². The standard InChI is InChI=1S/C17H16N4OS2/c1-12-7-5-6-10-14(12)19-16-20-21-17(24-16)23-11-15(22)18-13-8-3-2-4-9-13/h2-10H,11H2,1H3,(H,18,22)(H,19,20). The van der Waals surface area contributed by atoms with Crippen molar-refractivity contribution in [2.45, 2.75) is 11.3 Å². The zero-order valence-electron chi connectivity index (χ0n) is 13.0. The van der Waals surface area contributed by atoms with Crippen LogP contribution in [0.3, 0.4) is 0 Å². The van der Waals surface area contributed by atoms with Crippen LogP contribution in [0.5, 0.6) is 0 Å². The van der Waals surface area contributed by atoms with Crippen LogP contribution in [0.25, 0.3) is 0 Å². The number of hydrogen-bond donors (Lipinski definition) is 2. The highest BCUT2D eigenvalue weighted by Crippen LogP contribution is 2.28. The first-order valence-corrected chi connectivity index (χ1v) is 9.15. The van der Waals surface area contributed by atoms with Crippen molar-refractivity contribution in [3.05, 3.63) is 60.2 Å². The number of amides is 1. The van der Waals surface area contributed by atoms with E-state index in [1.165, 1.54) is 23.1 Å². The summed E-state index contributed by atoms with van der Waals surface area (Å²) in [7, 11) is 0. The lowest BCUT2D eigenvalue weighted by molar-refractivity contribution is -0.113. The molecule has 3 aromatic rings. The van der Waals surface area contributed by atoms with Gasteiger partial charge in [-0.25, -0.2) is 0 Å². The van der Waals surface area contributed by atoms with Crippen LogP contribution in [0.2, 0.25) is 0 Å². The van der Waals surface area contributed by atoms with Gasteiger partial charge in [0.05, 0.1) is 5.75 Å². The van der Waals surface area contributed by atoms with E-state index in [0.29, 0.717) is 5.75 Å². The number of aryl methyl sites for hydroxylation is 1. The first-order valence-electron chi connectivity index (χ1n) is 7.34. The number of para-hydroxylation sites is 2. The van der Waals surface area contributed by atoms with Gasteiger partial charge in [-0.2, -0.15) is 0 Å². The molecular formula is C17H16N4OS2. The average Bonchev–Trinajstić information content (AvgIpc) is 3.04. The zero-order valence-corrected chi connectivity index (χ0v) is 14.7. The fraction of sp³-hybridized carbons (Fsp3) is 0.118. The van der Waals surface area contributed by atoms with Gasteiger partial charge < -0.3 is 10.6 Å². The van der Waals surface area contributed by atoms with Gasteiger partial charge in [0, 0.05) is 11.4 Å². The summed E-state index contributed by atoms with van der Waals surface area (Å²) in [5, 5.41) is 15.0. The van der Waals surface area contributed by atoms with Crippen LogP contribution in [0.4, 0.5) is 16.5 Å². The molecule has 0 unspecified atom stereocenters. The highest BCUT2D eigenvalue weighted by molar-refractivity contribution is 8.01. The second-order valence-electron chi connectivity index (χ2n) is 5.02. The van der Waals surface area contributed by atoms with Crippen LogP contribution in [0, 0.1) is 6.92 Å². The molecule has 0 saturated heterocycles. The van der Waals surface area contributed by atoms with Crippen molar-refractivity contribution in [3.63, 3.8) is 0 Å². The molecule has 0 aliphatic rings. The van der Waals surface area contributed by atoms with Gasteiger partial charge in [-0.3, -0.25) is 4.79 Å². The monoisotopic (exact) mass is 356 g/mol. The number of carbonyl (C=O) groups is 1. The number of hydrogen-bond acceptors (Lipinski definition) is 6. The van der Waals surface area contributed by atoms with Crippen molar-refractivity contribution in [3.8, 4) is 0 Å². The number of nitrogens with zero attached hydrogens (tertiary/aromatic N) is 2. The largest absolute Gasteiger partial charge is 0.330 e. The first-order chi connectivity index (χ1) is 11.7. The molecule has 0 spiro atoms. The first kappa shape index (κ1) is 16.5. The number of anilines is 3. The molecule has 7 heteroatoms. The van der Waals surface area contributed by atoms with Gasteiger partial charge in [-0.15, -0.1) is 10.2 Å². The quantitative estimate of drug-likeness (QED) is 0.644. The molecule has 2 N–H and O–H groups in total. The number of rotatable bonds is 6.